The lowest BCUT2D eigenvalue weighted by atomic mass is 10.0. The van der Waals surface area contributed by atoms with Gasteiger partial charge in [-0.25, -0.2) is 13.2 Å². The fraction of sp³-hybridized carbons (Fsp3) is 0.424. The Morgan fingerprint density at radius 2 is 1.82 bits per heavy atom. The molecular formula is C33H38F3N3O6. The van der Waals surface area contributed by atoms with Crippen LogP contribution in [0.15, 0.2) is 54.1 Å². The van der Waals surface area contributed by atoms with Crippen LogP contribution < -0.4 is 19.1 Å². The zero-order chi connectivity index (χ0) is 32.3. The Morgan fingerprint density at radius 3 is 2.44 bits per heavy atom. The number of hydrogen-bond donors (Lipinski definition) is 0. The molecule has 0 bridgehead atoms. The van der Waals surface area contributed by atoms with Crippen molar-refractivity contribution in [1.82, 2.24) is 9.80 Å². The third-order valence-corrected chi connectivity index (χ3v) is 7.93. The number of halogens is 3. The molecule has 0 N–H and O–H groups in total. The average molecular weight is 630 g/mol. The number of piperidine rings is 1. The average Bonchev–Trinajstić information content (AvgIpc) is 3.09. The van der Waals surface area contributed by atoms with Crippen LogP contribution >= 0.6 is 0 Å². The zero-order valence-corrected chi connectivity index (χ0v) is 25.4. The van der Waals surface area contributed by atoms with Gasteiger partial charge < -0.3 is 24.0 Å². The molecule has 0 aromatic heterocycles. The second-order valence-corrected chi connectivity index (χ2v) is 10.9. The molecule has 1 fully saturated rings. The van der Waals surface area contributed by atoms with E-state index in [4.69, 9.17) is 14.2 Å². The van der Waals surface area contributed by atoms with Gasteiger partial charge in [0.05, 0.1) is 24.9 Å². The summed E-state index contributed by atoms with van der Waals surface area (Å²) in [5.74, 6) is -1.29. The number of nitrogens with zero attached hydrogens (tertiary/aromatic N) is 3. The van der Waals surface area contributed by atoms with Gasteiger partial charge in [0.1, 0.15) is 20.0 Å². The first-order chi connectivity index (χ1) is 21.8. The van der Waals surface area contributed by atoms with Crippen molar-refractivity contribution in [3.63, 3.8) is 0 Å². The van der Waals surface area contributed by atoms with E-state index in [1.807, 2.05) is 6.08 Å². The number of alkyl halides is 2. The summed E-state index contributed by atoms with van der Waals surface area (Å²) < 4.78 is 58.3. The topological polar surface area (TPSA) is 88.6 Å². The molecule has 0 atom stereocenters. The standard InChI is InChI=1S/C33H38F3N3O6/c1-37(25-10-12-38(21-40)13-11-25)29-16-28(36)31(45-26(17-34)18-35)15-27(29)33(42)39(22-41)19-24-8-9-30(32(14-24)43-2)44-20-23-6-4-3-5-7-23/h4,6-9,14-16,21-22,25-26H,3,5,10-13,17-20H2,1-2H3. The Kier molecular flexibility index (Phi) is 11.9. The van der Waals surface area contributed by atoms with Crippen LogP contribution in [0, 0.1) is 5.82 Å². The molecule has 2 aliphatic rings. The smallest absolute Gasteiger partial charge is 0.262 e. The summed E-state index contributed by atoms with van der Waals surface area (Å²) in [6.45, 7) is -1.24. The van der Waals surface area contributed by atoms with Crippen LogP contribution in [-0.4, -0.2) is 87.9 Å². The molecule has 0 spiro atoms. The lowest BCUT2D eigenvalue weighted by Crippen LogP contribution is -2.43. The number of imide groups is 1. The Balaban J connectivity index is 1.60. The second kappa shape index (κ2) is 16.0. The van der Waals surface area contributed by atoms with E-state index in [2.05, 4.69) is 12.2 Å². The van der Waals surface area contributed by atoms with Crippen LogP contribution in [0.3, 0.4) is 0 Å². The molecule has 1 aliphatic carbocycles. The first kappa shape index (κ1) is 33.4. The summed E-state index contributed by atoms with van der Waals surface area (Å²) in [5, 5.41) is 0. The van der Waals surface area contributed by atoms with Gasteiger partial charge in [0.2, 0.25) is 12.8 Å². The summed E-state index contributed by atoms with van der Waals surface area (Å²) in [7, 11) is 3.17. The van der Waals surface area contributed by atoms with Crippen molar-refractivity contribution < 1.29 is 41.8 Å². The number of rotatable bonds is 15. The number of benzene rings is 2. The molecule has 2 aromatic carbocycles. The molecule has 0 unspecified atom stereocenters. The highest BCUT2D eigenvalue weighted by Crippen LogP contribution is 2.34. The highest BCUT2D eigenvalue weighted by Gasteiger charge is 2.29. The number of allylic oxidation sites excluding steroid dienone is 2. The highest BCUT2D eigenvalue weighted by atomic mass is 19.1. The molecule has 12 heteroatoms. The lowest BCUT2D eigenvalue weighted by molar-refractivity contribution is -0.119. The maximum absolute atomic E-state index is 15.2. The van der Waals surface area contributed by atoms with E-state index in [0.29, 0.717) is 56.0 Å². The third kappa shape index (κ3) is 8.37. The molecule has 0 saturated carbocycles. The summed E-state index contributed by atoms with van der Waals surface area (Å²) in [4.78, 5) is 41.6. The van der Waals surface area contributed by atoms with Crippen molar-refractivity contribution in [1.29, 1.82) is 0 Å². The minimum atomic E-state index is -1.56. The van der Waals surface area contributed by atoms with E-state index in [9.17, 15) is 23.2 Å². The summed E-state index contributed by atoms with van der Waals surface area (Å²) in [5.41, 5.74) is 1.69. The SMILES string of the molecule is COc1cc(CN(C=O)C(=O)c2cc(OC(CF)CF)c(F)cc2N(C)C2CCN(C=O)CC2)ccc1OCC1=CCCC=C1. The molecule has 242 valence electrons. The van der Waals surface area contributed by atoms with Crippen LogP contribution in [0.25, 0.3) is 0 Å². The van der Waals surface area contributed by atoms with Gasteiger partial charge in [-0.15, -0.1) is 0 Å². The van der Waals surface area contributed by atoms with E-state index in [1.165, 1.54) is 7.11 Å². The quantitative estimate of drug-likeness (QED) is 0.256. The van der Waals surface area contributed by atoms with Crippen LogP contribution in [0.1, 0.15) is 41.6 Å². The molecule has 3 amide bonds. The number of hydrogen-bond acceptors (Lipinski definition) is 7. The molecule has 9 nitrogen and oxygen atoms in total. The molecule has 1 saturated heterocycles. The van der Waals surface area contributed by atoms with Gasteiger partial charge in [0, 0.05) is 32.2 Å². The van der Waals surface area contributed by atoms with Gasteiger partial charge in [-0.1, -0.05) is 24.3 Å². The Morgan fingerprint density at radius 1 is 1.07 bits per heavy atom. The first-order valence-electron chi connectivity index (χ1n) is 14.8. The molecule has 0 radical (unpaired) electrons. The monoisotopic (exact) mass is 629 g/mol. The Bertz CT molecular complexity index is 1410. The normalized spacial score (nSPS) is 15.0. The van der Waals surface area contributed by atoms with Gasteiger partial charge in [-0.3, -0.25) is 19.3 Å². The molecule has 4 rings (SSSR count). The van der Waals surface area contributed by atoms with Crippen molar-refractivity contribution in [3.05, 3.63) is 71.1 Å². The maximum atomic E-state index is 15.2. The number of anilines is 1. The van der Waals surface area contributed by atoms with E-state index < -0.39 is 36.9 Å². The predicted octanol–water partition coefficient (Wildman–Crippen LogP) is 5.03. The third-order valence-electron chi connectivity index (χ3n) is 7.93. The fourth-order valence-corrected chi connectivity index (χ4v) is 5.33. The van der Waals surface area contributed by atoms with Gasteiger partial charge in [-0.2, -0.15) is 0 Å². The summed E-state index contributed by atoms with van der Waals surface area (Å²) in [6.07, 6.45) is 8.85. The van der Waals surface area contributed by atoms with E-state index >= 15 is 4.39 Å². The van der Waals surface area contributed by atoms with Crippen molar-refractivity contribution in [3.8, 4) is 17.2 Å². The molecule has 1 heterocycles. The highest BCUT2D eigenvalue weighted by molar-refractivity contribution is 6.04. The van der Waals surface area contributed by atoms with E-state index in [1.54, 1.807) is 35.0 Å². The van der Waals surface area contributed by atoms with Gasteiger partial charge >= 0.3 is 0 Å². The van der Waals surface area contributed by atoms with Crippen LogP contribution in [0.5, 0.6) is 17.2 Å². The van der Waals surface area contributed by atoms with Crippen LogP contribution in [0.4, 0.5) is 18.9 Å². The van der Waals surface area contributed by atoms with Crippen molar-refractivity contribution in [2.24, 2.45) is 0 Å². The molecule has 45 heavy (non-hydrogen) atoms. The summed E-state index contributed by atoms with van der Waals surface area (Å²) in [6, 6.07) is 7.04. The Hall–Kier alpha value is -4.48. The molecule has 2 aromatic rings. The van der Waals surface area contributed by atoms with Gasteiger partial charge in [0.25, 0.3) is 5.91 Å². The van der Waals surface area contributed by atoms with Crippen LogP contribution in [0.2, 0.25) is 0 Å². The zero-order valence-electron chi connectivity index (χ0n) is 25.4. The number of likely N-dealkylation sites (tertiary alicyclic amines) is 1. The minimum absolute atomic E-state index is 0.0870. The van der Waals surface area contributed by atoms with E-state index in [0.717, 1.165) is 41.9 Å². The summed E-state index contributed by atoms with van der Waals surface area (Å²) >= 11 is 0. The van der Waals surface area contributed by atoms with Crippen molar-refractivity contribution >= 4 is 24.4 Å². The van der Waals surface area contributed by atoms with Crippen LogP contribution in [-0.2, 0) is 16.1 Å². The van der Waals surface area contributed by atoms with Crippen molar-refractivity contribution in [2.45, 2.75) is 44.4 Å². The fourth-order valence-electron chi connectivity index (χ4n) is 5.33. The minimum Gasteiger partial charge on any atom is -0.493 e. The second-order valence-electron chi connectivity index (χ2n) is 10.9. The maximum Gasteiger partial charge on any atom is 0.262 e. The van der Waals surface area contributed by atoms with Gasteiger partial charge in [-0.05, 0) is 55.0 Å². The Labute approximate surface area is 260 Å². The number of carbonyl (C=O) groups is 3. The number of ether oxygens (including phenoxy) is 3. The molecule has 1 aliphatic heterocycles. The van der Waals surface area contributed by atoms with E-state index in [-0.39, 0.29) is 23.8 Å². The largest absolute Gasteiger partial charge is 0.493 e. The predicted molar refractivity (Wildman–Crippen MR) is 163 cm³/mol. The number of carbonyl (C=O) groups excluding carboxylic acids is 3. The van der Waals surface area contributed by atoms with Crippen molar-refractivity contribution in [2.75, 3.05) is 52.1 Å². The molecular weight excluding hydrogens is 591 g/mol. The lowest BCUT2D eigenvalue weighted by Gasteiger charge is -2.37. The van der Waals surface area contributed by atoms with Gasteiger partial charge in [0.15, 0.2) is 29.2 Å². The first-order valence-corrected chi connectivity index (χ1v) is 14.8. The number of amides is 3. The number of methoxy groups -OCH3 is 1.